The van der Waals surface area contributed by atoms with E-state index in [1.165, 1.54) is 0 Å². The van der Waals surface area contributed by atoms with Crippen molar-refractivity contribution < 1.29 is 9.32 Å². The predicted molar refractivity (Wildman–Crippen MR) is 69.5 cm³/mol. The first-order chi connectivity index (χ1) is 8.47. The summed E-state index contributed by atoms with van der Waals surface area (Å²) in [6.45, 7) is 7.04. The number of piperidine rings is 1. The summed E-state index contributed by atoms with van der Waals surface area (Å²) in [6.07, 6.45) is 3.12. The van der Waals surface area contributed by atoms with Crippen LogP contribution >= 0.6 is 0 Å². The van der Waals surface area contributed by atoms with Crippen molar-refractivity contribution in [2.24, 2.45) is 0 Å². The molecule has 18 heavy (non-hydrogen) atoms. The summed E-state index contributed by atoms with van der Waals surface area (Å²) in [4.78, 5) is 12.0. The molecule has 1 aliphatic heterocycles. The van der Waals surface area contributed by atoms with Crippen LogP contribution in [0.5, 0.6) is 0 Å². The summed E-state index contributed by atoms with van der Waals surface area (Å²) >= 11 is 0. The van der Waals surface area contributed by atoms with Crippen LogP contribution < -0.4 is 10.6 Å². The van der Waals surface area contributed by atoms with Gasteiger partial charge in [0.15, 0.2) is 5.82 Å². The Kier molecular flexibility index (Phi) is 3.71. The van der Waals surface area contributed by atoms with Crippen molar-refractivity contribution in [2.45, 2.75) is 51.5 Å². The maximum atomic E-state index is 12.0. The number of carbonyl (C=O) groups excluding carboxylic acids is 1. The quantitative estimate of drug-likeness (QED) is 0.844. The molecule has 0 saturated carbocycles. The first-order valence-corrected chi connectivity index (χ1v) is 6.48. The van der Waals surface area contributed by atoms with Gasteiger partial charge in [-0.15, -0.1) is 0 Å². The monoisotopic (exact) mass is 251 g/mol. The molecule has 1 aliphatic rings. The van der Waals surface area contributed by atoms with E-state index in [0.29, 0.717) is 5.82 Å². The fourth-order valence-electron chi connectivity index (χ4n) is 1.98. The van der Waals surface area contributed by atoms with E-state index in [1.807, 2.05) is 20.8 Å². The summed E-state index contributed by atoms with van der Waals surface area (Å²) in [6, 6.07) is 1.69. The lowest BCUT2D eigenvalue weighted by molar-refractivity contribution is -0.118. The van der Waals surface area contributed by atoms with E-state index in [9.17, 15) is 4.79 Å². The summed E-state index contributed by atoms with van der Waals surface area (Å²) in [7, 11) is 0. The van der Waals surface area contributed by atoms with Crippen LogP contribution in [0.3, 0.4) is 0 Å². The molecule has 0 aliphatic carbocycles. The molecular weight excluding hydrogens is 230 g/mol. The van der Waals surface area contributed by atoms with Crippen LogP contribution in [0.4, 0.5) is 5.82 Å². The molecule has 1 atom stereocenters. The zero-order chi connectivity index (χ0) is 13.2. The molecule has 5 nitrogen and oxygen atoms in total. The lowest BCUT2D eigenvalue weighted by atomic mass is 9.93. The molecule has 2 rings (SSSR count). The highest BCUT2D eigenvalue weighted by atomic mass is 16.5. The summed E-state index contributed by atoms with van der Waals surface area (Å²) < 4.78 is 5.23. The number of anilines is 1. The molecule has 1 amide bonds. The van der Waals surface area contributed by atoms with Gasteiger partial charge >= 0.3 is 0 Å². The van der Waals surface area contributed by atoms with Crippen molar-refractivity contribution in [1.82, 2.24) is 10.5 Å². The second-order valence-corrected chi connectivity index (χ2v) is 5.82. The molecule has 0 bridgehead atoms. The smallest absolute Gasteiger partial charge is 0.242 e. The molecule has 5 heteroatoms. The van der Waals surface area contributed by atoms with Gasteiger partial charge in [0.1, 0.15) is 5.76 Å². The Hall–Kier alpha value is -1.36. The number of carbonyl (C=O) groups is 1. The van der Waals surface area contributed by atoms with E-state index in [2.05, 4.69) is 15.8 Å². The molecule has 2 N–H and O–H groups in total. The second kappa shape index (κ2) is 5.10. The van der Waals surface area contributed by atoms with E-state index >= 15 is 0 Å². The third-order valence-corrected chi connectivity index (χ3v) is 3.13. The number of rotatable bonds is 2. The van der Waals surface area contributed by atoms with Crippen molar-refractivity contribution in [3.05, 3.63) is 11.8 Å². The Bertz CT molecular complexity index is 414. The molecule has 100 valence electrons. The zero-order valence-electron chi connectivity index (χ0n) is 11.2. The fourth-order valence-corrected chi connectivity index (χ4v) is 1.98. The standard InChI is InChI=1S/C13H21N3O2/c1-13(2,3)10-8-11(16-18-10)15-12(17)9-6-4-5-7-14-9/h8-9,14H,4-7H2,1-3H3,(H,15,16,17). The highest BCUT2D eigenvalue weighted by Gasteiger charge is 2.23. The van der Waals surface area contributed by atoms with E-state index in [0.717, 1.165) is 31.6 Å². The van der Waals surface area contributed by atoms with Crippen LogP contribution in [-0.2, 0) is 10.2 Å². The Morgan fingerprint density at radius 1 is 1.50 bits per heavy atom. The normalized spacial score (nSPS) is 20.7. The minimum absolute atomic E-state index is 0.0246. The lowest BCUT2D eigenvalue weighted by Gasteiger charge is -2.21. The molecule has 0 aromatic carbocycles. The van der Waals surface area contributed by atoms with E-state index < -0.39 is 0 Å². The van der Waals surface area contributed by atoms with Gasteiger partial charge in [-0.2, -0.15) is 0 Å². The third-order valence-electron chi connectivity index (χ3n) is 3.13. The molecule has 2 heterocycles. The lowest BCUT2D eigenvalue weighted by Crippen LogP contribution is -2.43. The van der Waals surface area contributed by atoms with Crippen molar-refractivity contribution in [2.75, 3.05) is 11.9 Å². The van der Waals surface area contributed by atoms with Gasteiger partial charge < -0.3 is 15.2 Å². The number of amides is 1. The van der Waals surface area contributed by atoms with Crippen LogP contribution in [0, 0.1) is 0 Å². The van der Waals surface area contributed by atoms with Crippen molar-refractivity contribution in [1.29, 1.82) is 0 Å². The van der Waals surface area contributed by atoms with E-state index in [1.54, 1.807) is 6.07 Å². The fraction of sp³-hybridized carbons (Fsp3) is 0.692. The topological polar surface area (TPSA) is 67.2 Å². The van der Waals surface area contributed by atoms with Crippen LogP contribution in [0.2, 0.25) is 0 Å². The SMILES string of the molecule is CC(C)(C)c1cc(NC(=O)C2CCCCN2)no1. The molecule has 1 aromatic rings. The van der Waals surface area contributed by atoms with Gasteiger partial charge in [-0.3, -0.25) is 4.79 Å². The maximum Gasteiger partial charge on any atom is 0.242 e. The minimum atomic E-state index is -0.103. The number of aromatic nitrogens is 1. The van der Waals surface area contributed by atoms with Crippen LogP contribution in [0.1, 0.15) is 45.8 Å². The number of nitrogens with one attached hydrogen (secondary N) is 2. The van der Waals surface area contributed by atoms with Crippen molar-refractivity contribution >= 4 is 11.7 Å². The number of nitrogens with zero attached hydrogens (tertiary/aromatic N) is 1. The first-order valence-electron chi connectivity index (χ1n) is 6.48. The van der Waals surface area contributed by atoms with Gasteiger partial charge in [0.05, 0.1) is 6.04 Å². The Balaban J connectivity index is 1.96. The average molecular weight is 251 g/mol. The molecule has 1 saturated heterocycles. The molecular formula is C13H21N3O2. The van der Waals surface area contributed by atoms with Crippen LogP contribution in [-0.4, -0.2) is 23.7 Å². The van der Waals surface area contributed by atoms with Crippen molar-refractivity contribution in [3.8, 4) is 0 Å². The van der Waals surface area contributed by atoms with Gasteiger partial charge in [0.25, 0.3) is 0 Å². The van der Waals surface area contributed by atoms with Gasteiger partial charge in [0.2, 0.25) is 5.91 Å². The van der Waals surface area contributed by atoms with Crippen molar-refractivity contribution in [3.63, 3.8) is 0 Å². The Labute approximate surface area is 107 Å². The minimum Gasteiger partial charge on any atom is -0.359 e. The average Bonchev–Trinajstić information content (AvgIpc) is 2.78. The van der Waals surface area contributed by atoms with Crippen LogP contribution in [0.15, 0.2) is 10.6 Å². The van der Waals surface area contributed by atoms with Gasteiger partial charge in [-0.1, -0.05) is 32.3 Å². The predicted octanol–water partition coefficient (Wildman–Crippen LogP) is 2.05. The first kappa shape index (κ1) is 13.1. The number of hydrogen-bond donors (Lipinski definition) is 2. The highest BCUT2D eigenvalue weighted by Crippen LogP contribution is 2.24. The molecule has 0 spiro atoms. The largest absolute Gasteiger partial charge is 0.359 e. The second-order valence-electron chi connectivity index (χ2n) is 5.82. The molecule has 1 fully saturated rings. The summed E-state index contributed by atoms with van der Waals surface area (Å²) in [5.41, 5.74) is -0.0981. The molecule has 0 radical (unpaired) electrons. The third kappa shape index (κ3) is 3.10. The van der Waals surface area contributed by atoms with E-state index in [4.69, 9.17) is 4.52 Å². The molecule has 1 aromatic heterocycles. The molecule has 1 unspecified atom stereocenters. The highest BCUT2D eigenvalue weighted by molar-refractivity contribution is 5.94. The summed E-state index contributed by atoms with van der Waals surface area (Å²) in [5, 5.41) is 9.89. The van der Waals surface area contributed by atoms with Crippen LogP contribution in [0.25, 0.3) is 0 Å². The van der Waals surface area contributed by atoms with Gasteiger partial charge in [0, 0.05) is 11.5 Å². The van der Waals surface area contributed by atoms with Gasteiger partial charge in [-0.25, -0.2) is 0 Å². The Morgan fingerprint density at radius 3 is 2.83 bits per heavy atom. The summed E-state index contributed by atoms with van der Waals surface area (Å²) in [5.74, 6) is 1.25. The van der Waals surface area contributed by atoms with E-state index in [-0.39, 0.29) is 17.4 Å². The maximum absolute atomic E-state index is 12.0. The zero-order valence-corrected chi connectivity index (χ0v) is 11.2. The Morgan fingerprint density at radius 2 is 2.28 bits per heavy atom. The van der Waals surface area contributed by atoms with Gasteiger partial charge in [-0.05, 0) is 19.4 Å². The number of hydrogen-bond acceptors (Lipinski definition) is 4.